The van der Waals surface area contributed by atoms with Crippen LogP contribution in [0.1, 0.15) is 19.8 Å². The van der Waals surface area contributed by atoms with Crippen LogP contribution < -0.4 is 5.32 Å². The lowest BCUT2D eigenvalue weighted by molar-refractivity contribution is -0.154. The van der Waals surface area contributed by atoms with E-state index in [0.717, 1.165) is 6.42 Å². The molecule has 1 aliphatic heterocycles. The molecule has 0 aromatic rings. The van der Waals surface area contributed by atoms with Gasteiger partial charge in [-0.1, -0.05) is 13.3 Å². The van der Waals surface area contributed by atoms with E-state index in [1.807, 2.05) is 6.92 Å². The molecule has 1 aliphatic rings. The molecule has 4 N–H and O–H groups in total. The standard InChI is InChI=1S/C10H18N4O5/c1-2-3-4-12-9(18)10(13-14-11)8(17)7(16)6(5-15)19-10/h6-8,15-17H,2-5H2,1H3,(H,12,18)/t6-,7-,8+,10+/m1/s1. The minimum Gasteiger partial charge on any atom is -0.394 e. The molecule has 9 heteroatoms. The van der Waals surface area contributed by atoms with E-state index >= 15 is 0 Å². The minimum absolute atomic E-state index is 0.327. The second-order valence-corrected chi connectivity index (χ2v) is 4.27. The number of azide groups is 1. The van der Waals surface area contributed by atoms with Crippen molar-refractivity contribution in [2.75, 3.05) is 13.2 Å². The van der Waals surface area contributed by atoms with Gasteiger partial charge >= 0.3 is 0 Å². The third-order valence-corrected chi connectivity index (χ3v) is 2.95. The van der Waals surface area contributed by atoms with Gasteiger partial charge in [-0.3, -0.25) is 4.79 Å². The summed E-state index contributed by atoms with van der Waals surface area (Å²) in [7, 11) is 0. The maximum atomic E-state index is 12.0. The summed E-state index contributed by atoms with van der Waals surface area (Å²) in [6.07, 6.45) is -2.87. The van der Waals surface area contributed by atoms with Crippen LogP contribution in [-0.4, -0.2) is 58.4 Å². The molecule has 0 radical (unpaired) electrons. The normalized spacial score (nSPS) is 33.8. The third-order valence-electron chi connectivity index (χ3n) is 2.95. The maximum absolute atomic E-state index is 12.0. The van der Waals surface area contributed by atoms with Crippen molar-refractivity contribution in [3.8, 4) is 0 Å². The first-order valence-electron chi connectivity index (χ1n) is 6.02. The topological polar surface area (TPSA) is 148 Å². The predicted molar refractivity (Wildman–Crippen MR) is 63.8 cm³/mol. The van der Waals surface area contributed by atoms with E-state index in [1.54, 1.807) is 0 Å². The van der Waals surface area contributed by atoms with Crippen LogP contribution in [0.2, 0.25) is 0 Å². The number of hydrogen-bond acceptors (Lipinski definition) is 6. The van der Waals surface area contributed by atoms with E-state index in [2.05, 4.69) is 15.3 Å². The summed E-state index contributed by atoms with van der Waals surface area (Å²) in [6, 6.07) is 0. The van der Waals surface area contributed by atoms with E-state index in [4.69, 9.17) is 15.4 Å². The molecule has 1 amide bonds. The van der Waals surface area contributed by atoms with Gasteiger partial charge in [-0.25, -0.2) is 0 Å². The van der Waals surface area contributed by atoms with Crippen LogP contribution in [0.4, 0.5) is 0 Å². The van der Waals surface area contributed by atoms with Crippen molar-refractivity contribution in [1.29, 1.82) is 0 Å². The van der Waals surface area contributed by atoms with E-state index in [-0.39, 0.29) is 0 Å². The number of nitrogens with one attached hydrogen (secondary N) is 1. The van der Waals surface area contributed by atoms with Gasteiger partial charge in [0.15, 0.2) is 0 Å². The molecule has 9 nitrogen and oxygen atoms in total. The zero-order chi connectivity index (χ0) is 14.5. The number of carbonyl (C=O) groups excluding carboxylic acids is 1. The van der Waals surface area contributed by atoms with Crippen molar-refractivity contribution < 1.29 is 24.9 Å². The van der Waals surface area contributed by atoms with Gasteiger partial charge in [0, 0.05) is 11.5 Å². The number of aliphatic hydroxyl groups excluding tert-OH is 3. The number of nitrogens with zero attached hydrogens (tertiary/aromatic N) is 3. The fraction of sp³-hybridized carbons (Fsp3) is 0.900. The molecule has 1 saturated heterocycles. The molecule has 0 spiro atoms. The first kappa shape index (κ1) is 15.7. The summed E-state index contributed by atoms with van der Waals surface area (Å²) in [5, 5.41) is 34.1. The Morgan fingerprint density at radius 2 is 2.26 bits per heavy atom. The zero-order valence-corrected chi connectivity index (χ0v) is 10.6. The first-order chi connectivity index (χ1) is 9.03. The molecule has 0 unspecified atom stereocenters. The predicted octanol–water partition coefficient (Wildman–Crippen LogP) is -0.978. The van der Waals surface area contributed by atoms with Crippen LogP contribution >= 0.6 is 0 Å². The SMILES string of the molecule is CCCCNC(=O)[C@@]1(N=[N+]=[N-])O[C@H](CO)[C@@H](O)[C@@H]1O. The Labute approximate surface area is 109 Å². The Balaban J connectivity index is 2.92. The summed E-state index contributed by atoms with van der Waals surface area (Å²) in [5.41, 5.74) is 6.28. The number of unbranched alkanes of at least 4 members (excludes halogenated alkanes) is 1. The number of carbonyl (C=O) groups is 1. The molecule has 1 fully saturated rings. The Bertz CT molecular complexity index is 373. The fourth-order valence-corrected chi connectivity index (χ4v) is 1.84. The molecule has 0 aromatic heterocycles. The Morgan fingerprint density at radius 3 is 2.74 bits per heavy atom. The van der Waals surface area contributed by atoms with Gasteiger partial charge in [-0.2, -0.15) is 0 Å². The molecule has 19 heavy (non-hydrogen) atoms. The van der Waals surface area contributed by atoms with Crippen molar-refractivity contribution >= 4 is 5.91 Å². The lowest BCUT2D eigenvalue weighted by Crippen LogP contribution is -2.53. The monoisotopic (exact) mass is 274 g/mol. The van der Waals surface area contributed by atoms with Gasteiger partial charge in [0.1, 0.15) is 18.3 Å². The van der Waals surface area contributed by atoms with Crippen molar-refractivity contribution in [2.45, 2.75) is 43.8 Å². The summed E-state index contributed by atoms with van der Waals surface area (Å²) >= 11 is 0. The average Bonchev–Trinajstić information content (AvgIpc) is 2.65. The van der Waals surface area contributed by atoms with Crippen LogP contribution in [0, 0.1) is 0 Å². The second kappa shape index (κ2) is 6.69. The minimum atomic E-state index is -2.24. The highest BCUT2D eigenvalue weighted by Crippen LogP contribution is 2.33. The molecular formula is C10H18N4O5. The largest absolute Gasteiger partial charge is 0.394 e. The summed E-state index contributed by atoms with van der Waals surface area (Å²) in [6.45, 7) is 1.65. The van der Waals surface area contributed by atoms with Crippen LogP contribution in [-0.2, 0) is 9.53 Å². The smallest absolute Gasteiger partial charge is 0.261 e. The van der Waals surface area contributed by atoms with Gasteiger partial charge in [0.25, 0.3) is 11.6 Å². The molecule has 0 saturated carbocycles. The number of hydrogen-bond donors (Lipinski definition) is 4. The summed E-state index contributed by atoms with van der Waals surface area (Å²) < 4.78 is 5.07. The van der Waals surface area contributed by atoms with E-state index in [9.17, 15) is 15.0 Å². The van der Waals surface area contributed by atoms with Crippen LogP contribution in [0.5, 0.6) is 0 Å². The number of aliphatic hydroxyl groups is 3. The van der Waals surface area contributed by atoms with Gasteiger partial charge in [0.2, 0.25) is 0 Å². The van der Waals surface area contributed by atoms with Crippen molar-refractivity contribution in [3.05, 3.63) is 10.4 Å². The van der Waals surface area contributed by atoms with E-state index < -0.39 is 36.6 Å². The van der Waals surface area contributed by atoms with Gasteiger partial charge in [-0.15, -0.1) is 0 Å². The van der Waals surface area contributed by atoms with Crippen LogP contribution in [0.25, 0.3) is 10.4 Å². The highest BCUT2D eigenvalue weighted by molar-refractivity contribution is 5.86. The zero-order valence-electron chi connectivity index (χ0n) is 10.6. The molecule has 1 rings (SSSR count). The van der Waals surface area contributed by atoms with E-state index in [0.29, 0.717) is 13.0 Å². The van der Waals surface area contributed by atoms with Crippen LogP contribution in [0.3, 0.4) is 0 Å². The highest BCUT2D eigenvalue weighted by Gasteiger charge is 2.58. The Hall–Kier alpha value is -1.38. The Kier molecular flexibility index (Phi) is 5.52. The number of amides is 1. The van der Waals surface area contributed by atoms with Gasteiger partial charge in [0.05, 0.1) is 6.61 Å². The summed E-state index contributed by atoms with van der Waals surface area (Å²) in [4.78, 5) is 14.5. The third kappa shape index (κ3) is 2.96. The van der Waals surface area contributed by atoms with E-state index in [1.165, 1.54) is 0 Å². The van der Waals surface area contributed by atoms with Crippen molar-refractivity contribution in [1.82, 2.24) is 5.32 Å². The van der Waals surface area contributed by atoms with Crippen LogP contribution in [0.15, 0.2) is 5.11 Å². The van der Waals surface area contributed by atoms with Gasteiger partial charge in [-0.05, 0) is 17.1 Å². The fourth-order valence-electron chi connectivity index (χ4n) is 1.84. The lowest BCUT2D eigenvalue weighted by atomic mass is 10.0. The molecule has 4 atom stereocenters. The van der Waals surface area contributed by atoms with Gasteiger partial charge < -0.3 is 25.4 Å². The molecule has 0 aliphatic carbocycles. The molecule has 0 bridgehead atoms. The number of ether oxygens (including phenoxy) is 1. The first-order valence-corrected chi connectivity index (χ1v) is 6.02. The molecule has 1 heterocycles. The second-order valence-electron chi connectivity index (χ2n) is 4.27. The van der Waals surface area contributed by atoms with Crippen molar-refractivity contribution in [3.63, 3.8) is 0 Å². The highest BCUT2D eigenvalue weighted by atomic mass is 16.6. The maximum Gasteiger partial charge on any atom is 0.261 e. The average molecular weight is 274 g/mol. The quantitative estimate of drug-likeness (QED) is 0.213. The summed E-state index contributed by atoms with van der Waals surface area (Å²) in [5.74, 6) is -0.832. The lowest BCUT2D eigenvalue weighted by Gasteiger charge is -2.25. The van der Waals surface area contributed by atoms with Crippen molar-refractivity contribution in [2.24, 2.45) is 5.11 Å². The Morgan fingerprint density at radius 1 is 1.58 bits per heavy atom. The molecule has 0 aromatic carbocycles. The number of rotatable bonds is 6. The molecular weight excluding hydrogens is 256 g/mol. The molecule has 108 valence electrons.